The van der Waals surface area contributed by atoms with E-state index in [2.05, 4.69) is 111 Å². The van der Waals surface area contributed by atoms with E-state index in [1.807, 2.05) is 27.7 Å². The van der Waals surface area contributed by atoms with Crippen LogP contribution in [0.1, 0.15) is 236 Å². The summed E-state index contributed by atoms with van der Waals surface area (Å²) in [6, 6.07) is 0. The molecular weight excluding hydrogens is 890 g/mol. The summed E-state index contributed by atoms with van der Waals surface area (Å²) in [4.78, 5) is 38.8. The number of rotatable bonds is 24. The van der Waals surface area contributed by atoms with Crippen LogP contribution in [0.5, 0.6) is 0 Å². The van der Waals surface area contributed by atoms with Crippen molar-refractivity contribution in [2.45, 2.75) is 236 Å². The van der Waals surface area contributed by atoms with Gasteiger partial charge in [0.05, 0.1) is 0 Å². The Bertz CT molecular complexity index is 806. The predicted octanol–water partition coefficient (Wildman–Crippen LogP) is 16.8. The molecule has 0 heterocycles. The molecule has 6 heteroatoms. The average Bonchev–Trinajstić information content (AvgIpc) is 3.09. The minimum atomic E-state index is 0. The van der Waals surface area contributed by atoms with Crippen molar-refractivity contribution in [3.05, 3.63) is 13.8 Å². The number of hydrogen-bond donors (Lipinski definition) is 0. The summed E-state index contributed by atoms with van der Waals surface area (Å²) in [6.45, 7) is 54.1. The summed E-state index contributed by atoms with van der Waals surface area (Å²) < 4.78 is 0. The molecule has 0 rings (SSSR count). The Kier molecular flexibility index (Phi) is 65.7. The quantitative estimate of drug-likeness (QED) is 0.0904. The molecule has 0 saturated carbocycles. The van der Waals surface area contributed by atoms with Crippen LogP contribution in [-0.2, 0) is 84.6 Å². The van der Waals surface area contributed by atoms with Gasteiger partial charge in [-0.2, -0.15) is 0 Å². The molecule has 0 aliphatic rings. The van der Waals surface area contributed by atoms with Gasteiger partial charge in [-0.1, -0.05) is 204 Å². The Morgan fingerprint density at radius 2 is 0.567 bits per heavy atom. The van der Waals surface area contributed by atoms with Crippen LogP contribution in [0.4, 0.5) is 0 Å². The normalized spacial score (nSPS) is 11.0. The van der Waals surface area contributed by atoms with Gasteiger partial charge in [0.1, 0.15) is 0 Å². The standard InChI is InChI=1S/C21H44.C15H32.2C5H9O.2C4H7O.2Y/c1-17(2)9-13-21(14-10-18(3)4,15-11-19(5)6)16-12-20(7)8;1-12(2)7-9-15(11-14(5)6)10-8-13(3)4;2*1-4(2)5(3)6;2*1-4(2)3-5;;/h17-20H,9-16H2,1-8H3;12-15H,7-11H2,1-6H3;2*4H,3H2,1-2H3;2*4H,1-2H3;;/q;;4*-1;;. The second kappa shape index (κ2) is 50.6. The molecular formula is C54H108O4Y2-4. The van der Waals surface area contributed by atoms with Crippen molar-refractivity contribution in [3.8, 4) is 0 Å². The molecule has 0 aliphatic heterocycles. The van der Waals surface area contributed by atoms with Gasteiger partial charge in [-0.25, -0.2) is 0 Å². The molecule has 0 atom stereocenters. The van der Waals surface area contributed by atoms with Gasteiger partial charge in [-0.3, -0.25) is 12.6 Å². The minimum absolute atomic E-state index is 0. The first-order valence-electron chi connectivity index (χ1n) is 23.9. The first-order valence-corrected chi connectivity index (χ1v) is 23.9. The number of carbonyl (C=O) groups is 2. The molecule has 0 aromatic heterocycles. The van der Waals surface area contributed by atoms with Gasteiger partial charge < -0.3 is 33.0 Å². The Labute approximate surface area is 431 Å². The van der Waals surface area contributed by atoms with E-state index in [1.165, 1.54) is 83.5 Å². The van der Waals surface area contributed by atoms with E-state index in [0.717, 1.165) is 47.3 Å². The molecule has 0 unspecified atom stereocenters. The van der Waals surface area contributed by atoms with Crippen LogP contribution >= 0.6 is 0 Å². The summed E-state index contributed by atoms with van der Waals surface area (Å²) in [7, 11) is 0. The summed E-state index contributed by atoms with van der Waals surface area (Å²) in [6.07, 6.45) is 22.2. The maximum absolute atomic E-state index is 10.0. The number of Topliss-reactive ketones (excluding diaryl/α,β-unsaturated/α-hetero) is 2. The van der Waals surface area contributed by atoms with Crippen LogP contribution in [0, 0.1) is 90.3 Å². The molecule has 60 heavy (non-hydrogen) atoms. The van der Waals surface area contributed by atoms with Gasteiger partial charge in [0.15, 0.2) is 0 Å². The van der Waals surface area contributed by atoms with Crippen LogP contribution < -0.4 is 0 Å². The first-order chi connectivity index (χ1) is 26.4. The van der Waals surface area contributed by atoms with E-state index < -0.39 is 0 Å². The van der Waals surface area contributed by atoms with Crippen molar-refractivity contribution in [2.75, 3.05) is 0 Å². The maximum atomic E-state index is 10.0. The Morgan fingerprint density at radius 3 is 0.683 bits per heavy atom. The topological polar surface area (TPSA) is 68.3 Å². The fourth-order valence-corrected chi connectivity index (χ4v) is 5.31. The summed E-state index contributed by atoms with van der Waals surface area (Å²) in [5.74, 6) is 7.37. The van der Waals surface area contributed by atoms with Crippen molar-refractivity contribution in [2.24, 2.45) is 76.4 Å². The van der Waals surface area contributed by atoms with E-state index in [4.69, 9.17) is 0 Å². The average molecular weight is 999 g/mol. The molecule has 0 N–H and O–H groups in total. The van der Waals surface area contributed by atoms with Crippen molar-refractivity contribution in [1.29, 1.82) is 0 Å². The second-order valence-corrected chi connectivity index (χ2v) is 21.5. The Hall–Kier alpha value is 0.628. The van der Waals surface area contributed by atoms with Crippen LogP contribution in [0.3, 0.4) is 0 Å². The Balaban J connectivity index is -0.000000100. The molecule has 0 aliphatic carbocycles. The third kappa shape index (κ3) is 76.0. The predicted molar refractivity (Wildman–Crippen MR) is 261 cm³/mol. The molecule has 0 fully saturated rings. The van der Waals surface area contributed by atoms with Crippen molar-refractivity contribution in [3.63, 3.8) is 0 Å². The SMILES string of the molecule is CC(C)CCC(CCC(C)C)(CCC(C)C)CCC(C)C.CC(C)CCC(CCC(C)C)CC(C)C.CC(C)[C-]=O.CC(C)[C-]=O.[CH2-]C(=O)C(C)C.[CH2-]C(=O)C(C)C.[Y].[Y]. The van der Waals surface area contributed by atoms with E-state index in [-0.39, 0.29) is 101 Å². The van der Waals surface area contributed by atoms with Gasteiger partial charge in [0, 0.05) is 65.4 Å². The fraction of sp³-hybridized carbons (Fsp3) is 0.889. The molecule has 0 amide bonds. The van der Waals surface area contributed by atoms with E-state index >= 15 is 0 Å². The van der Waals surface area contributed by atoms with Gasteiger partial charge in [-0.05, 0) is 108 Å². The molecule has 358 valence electrons. The smallest absolute Gasteiger partial charge is 0 e. The third-order valence-corrected chi connectivity index (χ3v) is 9.88. The van der Waals surface area contributed by atoms with Gasteiger partial charge in [-0.15, -0.1) is 11.8 Å². The van der Waals surface area contributed by atoms with Gasteiger partial charge in [0.25, 0.3) is 0 Å². The zero-order valence-electron chi connectivity index (χ0n) is 44.8. The largest absolute Gasteiger partial charge is 0.542 e. The molecule has 0 aromatic rings. The molecule has 2 radical (unpaired) electrons. The summed E-state index contributed by atoms with van der Waals surface area (Å²) >= 11 is 0. The van der Waals surface area contributed by atoms with E-state index in [9.17, 15) is 19.2 Å². The number of hydrogen-bond acceptors (Lipinski definition) is 4. The number of carbonyl (C=O) groups excluding carboxylic acids is 4. The maximum Gasteiger partial charge on any atom is 0 e. The molecule has 0 spiro atoms. The molecule has 4 nitrogen and oxygen atoms in total. The Morgan fingerprint density at radius 1 is 0.383 bits per heavy atom. The van der Waals surface area contributed by atoms with Gasteiger partial charge >= 0.3 is 0 Å². The zero-order valence-corrected chi connectivity index (χ0v) is 50.5. The van der Waals surface area contributed by atoms with Crippen LogP contribution in [0.25, 0.3) is 0 Å². The van der Waals surface area contributed by atoms with Crippen molar-refractivity contribution < 1.29 is 84.6 Å². The summed E-state index contributed by atoms with van der Waals surface area (Å²) in [5.41, 5.74) is 0.628. The fourth-order valence-electron chi connectivity index (χ4n) is 5.31. The second-order valence-electron chi connectivity index (χ2n) is 21.5. The van der Waals surface area contributed by atoms with Crippen molar-refractivity contribution in [1.82, 2.24) is 0 Å². The van der Waals surface area contributed by atoms with Crippen LogP contribution in [0.15, 0.2) is 0 Å². The van der Waals surface area contributed by atoms with Gasteiger partial charge in [0.2, 0.25) is 0 Å². The zero-order chi connectivity index (χ0) is 47.2. The summed E-state index contributed by atoms with van der Waals surface area (Å²) in [5, 5.41) is 0. The third-order valence-electron chi connectivity index (χ3n) is 9.88. The molecule has 0 bridgehead atoms. The minimum Gasteiger partial charge on any atom is -0.542 e. The van der Waals surface area contributed by atoms with E-state index in [1.54, 1.807) is 40.3 Å². The molecule has 0 aromatic carbocycles. The monoisotopic (exact) mass is 999 g/mol. The number of ketones is 2. The van der Waals surface area contributed by atoms with Crippen LogP contribution in [-0.4, -0.2) is 24.1 Å². The van der Waals surface area contributed by atoms with E-state index in [0.29, 0.717) is 5.41 Å². The molecule has 0 saturated heterocycles. The van der Waals surface area contributed by atoms with Crippen LogP contribution in [0.2, 0.25) is 0 Å². The first kappa shape index (κ1) is 77.8. The van der Waals surface area contributed by atoms with Crippen molar-refractivity contribution >= 4 is 24.1 Å².